The molecule has 304 valence electrons. The molecule has 0 N–H and O–H groups in total. The Balaban J connectivity index is 1.24. The van der Waals surface area contributed by atoms with Crippen molar-refractivity contribution in [3.05, 3.63) is 201 Å². The minimum absolute atomic E-state index is 0.0723. The van der Waals surface area contributed by atoms with Gasteiger partial charge in [0.05, 0.1) is 17.7 Å². The predicted octanol–water partition coefficient (Wildman–Crippen LogP) is 16.0. The molecular formula is C58H61NO. The molecule has 0 aliphatic heterocycles. The maximum absolute atomic E-state index is 6.28. The molecule has 1 aliphatic carbocycles. The number of anilines is 3. The van der Waals surface area contributed by atoms with E-state index >= 15 is 0 Å². The van der Waals surface area contributed by atoms with Crippen LogP contribution in [0, 0.1) is 34.6 Å². The number of aryl methyl sites for hydroxylation is 5. The predicted molar refractivity (Wildman–Crippen MR) is 256 cm³/mol. The average Bonchev–Trinajstić information content (AvgIpc) is 3.52. The Kier molecular flexibility index (Phi) is 11.4. The van der Waals surface area contributed by atoms with E-state index in [4.69, 9.17) is 4.74 Å². The Morgan fingerprint density at radius 1 is 0.500 bits per heavy atom. The first kappa shape index (κ1) is 40.9. The molecule has 0 bridgehead atoms. The van der Waals surface area contributed by atoms with Crippen LogP contribution in [0.2, 0.25) is 0 Å². The number of unbranched alkanes of at least 4 members (excludes halogenated alkanes) is 3. The van der Waals surface area contributed by atoms with Gasteiger partial charge >= 0.3 is 0 Å². The topological polar surface area (TPSA) is 12.5 Å². The fourth-order valence-corrected chi connectivity index (χ4v) is 9.38. The highest BCUT2D eigenvalue weighted by molar-refractivity contribution is 5.89. The van der Waals surface area contributed by atoms with Crippen molar-refractivity contribution >= 4 is 17.1 Å². The number of benzene rings is 7. The third-order valence-corrected chi connectivity index (χ3v) is 12.7. The van der Waals surface area contributed by atoms with Crippen molar-refractivity contribution in [1.82, 2.24) is 0 Å². The summed E-state index contributed by atoms with van der Waals surface area (Å²) in [6.07, 6.45) is 4.77. The molecule has 0 aromatic heterocycles. The van der Waals surface area contributed by atoms with Crippen molar-refractivity contribution in [1.29, 1.82) is 0 Å². The molecule has 1 atom stereocenters. The van der Waals surface area contributed by atoms with Crippen LogP contribution in [-0.2, 0) is 10.8 Å². The van der Waals surface area contributed by atoms with E-state index < -0.39 is 5.41 Å². The summed E-state index contributed by atoms with van der Waals surface area (Å²) in [4.78, 5) is 2.43. The minimum atomic E-state index is -0.503. The summed E-state index contributed by atoms with van der Waals surface area (Å²) in [6.45, 7) is 20.9. The minimum Gasteiger partial charge on any atom is -0.494 e. The highest BCUT2D eigenvalue weighted by atomic mass is 16.5. The SMILES string of the molecule is CCCCCCOc1ccc(C2(c3ccc(C)cc3)c3cc(C)ccc3-c3ccc(-c4ccc(N(c5ccc(C)cc5)c5c(C)cc(C(C)(C)C)cc5C)cc4)cc32)cc1. The van der Waals surface area contributed by atoms with Crippen LogP contribution < -0.4 is 9.64 Å². The highest BCUT2D eigenvalue weighted by Crippen LogP contribution is 2.57. The van der Waals surface area contributed by atoms with Crippen molar-refractivity contribution in [2.24, 2.45) is 0 Å². The molecule has 0 fully saturated rings. The molecule has 7 aromatic rings. The van der Waals surface area contributed by atoms with Crippen LogP contribution >= 0.6 is 0 Å². The number of hydrogen-bond acceptors (Lipinski definition) is 2. The van der Waals surface area contributed by atoms with Crippen LogP contribution in [0.15, 0.2) is 146 Å². The number of fused-ring (bicyclic) bond motifs is 3. The molecule has 1 unspecified atom stereocenters. The smallest absolute Gasteiger partial charge is 0.119 e. The second-order valence-corrected chi connectivity index (χ2v) is 18.3. The van der Waals surface area contributed by atoms with Gasteiger partial charge in [-0.15, -0.1) is 0 Å². The molecule has 1 aliphatic rings. The Labute approximate surface area is 359 Å². The number of rotatable bonds is 12. The van der Waals surface area contributed by atoms with Crippen molar-refractivity contribution < 1.29 is 4.74 Å². The molecule has 60 heavy (non-hydrogen) atoms. The lowest BCUT2D eigenvalue weighted by molar-refractivity contribution is 0.305. The zero-order valence-corrected chi connectivity index (χ0v) is 37.2. The number of hydrogen-bond donors (Lipinski definition) is 0. The zero-order valence-electron chi connectivity index (χ0n) is 37.2. The Hall–Kier alpha value is -5.86. The average molecular weight is 788 g/mol. The maximum atomic E-state index is 6.28. The van der Waals surface area contributed by atoms with Crippen molar-refractivity contribution in [2.75, 3.05) is 11.5 Å². The first-order valence-electron chi connectivity index (χ1n) is 22.0. The van der Waals surface area contributed by atoms with E-state index in [1.54, 1.807) is 0 Å². The Morgan fingerprint density at radius 2 is 1.00 bits per heavy atom. The van der Waals surface area contributed by atoms with Gasteiger partial charge in [0.1, 0.15) is 5.75 Å². The molecule has 0 saturated carbocycles. The van der Waals surface area contributed by atoms with E-state index in [-0.39, 0.29) is 5.41 Å². The standard InChI is InChI=1S/C58H61NO/c1-10-11-12-13-34-60-51-30-24-47(25-31-51)58(46-22-14-39(2)15-23-46)54-35-41(4)18-32-52(54)53-33-21-45(38-55(53)58)44-19-28-50(29-20-44)59(49-26-16-40(3)17-27-49)56-42(5)36-48(37-43(56)6)57(7,8)9/h14-33,35-38H,10-13,34H2,1-9H3. The summed E-state index contributed by atoms with van der Waals surface area (Å²) in [6, 6.07) is 55.2. The molecule has 0 spiro atoms. The van der Waals surface area contributed by atoms with Crippen LogP contribution in [0.1, 0.15) is 109 Å². The normalized spacial score (nSPS) is 14.5. The lowest BCUT2D eigenvalue weighted by Crippen LogP contribution is -2.28. The summed E-state index contributed by atoms with van der Waals surface area (Å²) in [5.74, 6) is 0.932. The van der Waals surface area contributed by atoms with Crippen LogP contribution in [0.3, 0.4) is 0 Å². The van der Waals surface area contributed by atoms with E-state index in [1.165, 1.54) is 103 Å². The van der Waals surface area contributed by atoms with Crippen LogP contribution in [0.25, 0.3) is 22.3 Å². The molecule has 7 aromatic carbocycles. The van der Waals surface area contributed by atoms with Crippen LogP contribution in [0.4, 0.5) is 17.1 Å². The summed E-state index contributed by atoms with van der Waals surface area (Å²) < 4.78 is 6.28. The monoisotopic (exact) mass is 787 g/mol. The van der Waals surface area contributed by atoms with Gasteiger partial charge in [0.2, 0.25) is 0 Å². The summed E-state index contributed by atoms with van der Waals surface area (Å²) in [5.41, 5.74) is 20.9. The molecule has 0 heterocycles. The van der Waals surface area contributed by atoms with E-state index in [1.807, 2.05) is 0 Å². The zero-order chi connectivity index (χ0) is 42.2. The molecule has 2 heteroatoms. The van der Waals surface area contributed by atoms with Gasteiger partial charge in [-0.05, 0) is 150 Å². The van der Waals surface area contributed by atoms with E-state index in [0.29, 0.717) is 0 Å². The van der Waals surface area contributed by atoms with Gasteiger partial charge < -0.3 is 9.64 Å². The van der Waals surface area contributed by atoms with E-state index in [0.717, 1.165) is 30.2 Å². The van der Waals surface area contributed by atoms with Gasteiger partial charge in [-0.1, -0.05) is 167 Å². The number of nitrogens with zero attached hydrogens (tertiary/aromatic N) is 1. The summed E-state index contributed by atoms with van der Waals surface area (Å²) in [7, 11) is 0. The molecule has 8 rings (SSSR count). The Morgan fingerprint density at radius 3 is 1.58 bits per heavy atom. The quantitative estimate of drug-likeness (QED) is 0.114. The molecule has 0 radical (unpaired) electrons. The molecular weight excluding hydrogens is 727 g/mol. The first-order chi connectivity index (χ1) is 28.9. The molecule has 0 amide bonds. The Bertz CT molecular complexity index is 2580. The summed E-state index contributed by atoms with van der Waals surface area (Å²) in [5, 5.41) is 0. The van der Waals surface area contributed by atoms with E-state index in [9.17, 15) is 0 Å². The largest absolute Gasteiger partial charge is 0.494 e. The van der Waals surface area contributed by atoms with Gasteiger partial charge in [0, 0.05) is 11.4 Å². The van der Waals surface area contributed by atoms with Crippen LogP contribution in [0.5, 0.6) is 5.75 Å². The van der Waals surface area contributed by atoms with Crippen molar-refractivity contribution in [3.63, 3.8) is 0 Å². The van der Waals surface area contributed by atoms with Crippen molar-refractivity contribution in [2.45, 2.75) is 98.8 Å². The third kappa shape index (κ3) is 7.69. The second-order valence-electron chi connectivity index (χ2n) is 18.3. The van der Waals surface area contributed by atoms with E-state index in [2.05, 4.69) is 213 Å². The van der Waals surface area contributed by atoms with Gasteiger partial charge in [0.15, 0.2) is 0 Å². The van der Waals surface area contributed by atoms with Gasteiger partial charge in [-0.25, -0.2) is 0 Å². The highest BCUT2D eigenvalue weighted by Gasteiger charge is 2.46. The van der Waals surface area contributed by atoms with Gasteiger partial charge in [0.25, 0.3) is 0 Å². The van der Waals surface area contributed by atoms with Crippen molar-refractivity contribution in [3.8, 4) is 28.0 Å². The fourth-order valence-electron chi connectivity index (χ4n) is 9.38. The fraction of sp³-hybridized carbons (Fsp3) is 0.276. The molecule has 2 nitrogen and oxygen atoms in total. The van der Waals surface area contributed by atoms with Gasteiger partial charge in [-0.2, -0.15) is 0 Å². The summed E-state index contributed by atoms with van der Waals surface area (Å²) >= 11 is 0. The molecule has 0 saturated heterocycles. The lowest BCUT2D eigenvalue weighted by Gasteiger charge is -2.34. The lowest BCUT2D eigenvalue weighted by atomic mass is 9.67. The second kappa shape index (κ2) is 16.7. The third-order valence-electron chi connectivity index (χ3n) is 12.7. The first-order valence-corrected chi connectivity index (χ1v) is 22.0. The van der Waals surface area contributed by atoms with Gasteiger partial charge in [-0.3, -0.25) is 0 Å². The number of ether oxygens (including phenoxy) is 1. The van der Waals surface area contributed by atoms with Crippen LogP contribution in [-0.4, -0.2) is 6.61 Å². The maximum Gasteiger partial charge on any atom is 0.119 e.